The second kappa shape index (κ2) is 7.53. The third-order valence-corrected chi connectivity index (χ3v) is 3.16. The number of urea groups is 1. The summed E-state index contributed by atoms with van der Waals surface area (Å²) in [5.41, 5.74) is 5.31. The van der Waals surface area contributed by atoms with E-state index < -0.39 is 29.6 Å². The smallest absolute Gasteiger partial charge is 0.319 e. The quantitative estimate of drug-likeness (QED) is 0.742. The topological polar surface area (TPSA) is 102 Å². The molecule has 1 aromatic heterocycles. The van der Waals surface area contributed by atoms with E-state index in [-0.39, 0.29) is 18.5 Å². The van der Waals surface area contributed by atoms with Crippen LogP contribution in [0.5, 0.6) is 0 Å². The van der Waals surface area contributed by atoms with E-state index in [0.717, 1.165) is 0 Å². The number of carbonyl (C=O) groups is 2. The summed E-state index contributed by atoms with van der Waals surface area (Å²) in [6.45, 7) is 1.52. The second-order valence-corrected chi connectivity index (χ2v) is 5.30. The summed E-state index contributed by atoms with van der Waals surface area (Å²) in [6, 6.07) is 2.55. The van der Waals surface area contributed by atoms with E-state index >= 15 is 0 Å². The van der Waals surface area contributed by atoms with Gasteiger partial charge in [0, 0.05) is 17.8 Å². The maximum Gasteiger partial charge on any atom is 0.319 e. The third kappa shape index (κ3) is 4.77. The Morgan fingerprint density at radius 3 is 2.62 bits per heavy atom. The number of nitrogens with one attached hydrogen (secondary N) is 2. The molecule has 0 bridgehead atoms. The van der Waals surface area contributed by atoms with Crippen molar-refractivity contribution in [3.8, 4) is 0 Å². The number of benzene rings is 1. The molecule has 0 aliphatic rings. The van der Waals surface area contributed by atoms with Crippen LogP contribution in [-0.2, 0) is 17.8 Å². The number of primary amides is 1. The van der Waals surface area contributed by atoms with Crippen molar-refractivity contribution in [1.29, 1.82) is 0 Å². The first-order chi connectivity index (χ1) is 11.3. The van der Waals surface area contributed by atoms with Gasteiger partial charge in [0.15, 0.2) is 0 Å². The lowest BCUT2D eigenvalue weighted by molar-refractivity contribution is -0.118. The van der Waals surface area contributed by atoms with E-state index in [2.05, 4.69) is 15.7 Å². The summed E-state index contributed by atoms with van der Waals surface area (Å²) in [5.74, 6) is -1.87. The van der Waals surface area contributed by atoms with Crippen molar-refractivity contribution in [1.82, 2.24) is 15.1 Å². The first-order valence-electron chi connectivity index (χ1n) is 7.16. The maximum absolute atomic E-state index is 13.6. The van der Waals surface area contributed by atoms with Crippen molar-refractivity contribution in [3.63, 3.8) is 0 Å². The Morgan fingerprint density at radius 1 is 1.33 bits per heavy atom. The summed E-state index contributed by atoms with van der Waals surface area (Å²) in [4.78, 5) is 22.7. The lowest BCUT2D eigenvalue weighted by Gasteiger charge is -2.15. The molecule has 9 heteroatoms. The Balaban J connectivity index is 1.90. The molecule has 24 heavy (non-hydrogen) atoms. The molecule has 4 N–H and O–H groups in total. The molecule has 7 nitrogen and oxygen atoms in total. The van der Waals surface area contributed by atoms with Crippen LogP contribution in [0.2, 0.25) is 0 Å². The van der Waals surface area contributed by atoms with Gasteiger partial charge >= 0.3 is 6.03 Å². The van der Waals surface area contributed by atoms with Crippen LogP contribution in [0.1, 0.15) is 12.5 Å². The Labute approximate surface area is 136 Å². The zero-order valence-corrected chi connectivity index (χ0v) is 12.9. The van der Waals surface area contributed by atoms with Crippen LogP contribution in [-0.4, -0.2) is 27.8 Å². The molecule has 0 saturated carbocycles. The molecule has 0 spiro atoms. The van der Waals surface area contributed by atoms with Gasteiger partial charge in [0.1, 0.15) is 18.2 Å². The van der Waals surface area contributed by atoms with Gasteiger partial charge in [-0.1, -0.05) is 6.07 Å². The highest BCUT2D eigenvalue weighted by Gasteiger charge is 2.14. The minimum Gasteiger partial charge on any atom is -0.368 e. The molecule has 0 saturated heterocycles. The van der Waals surface area contributed by atoms with Crippen molar-refractivity contribution in [3.05, 3.63) is 47.8 Å². The zero-order chi connectivity index (χ0) is 17.7. The molecule has 2 rings (SSSR count). The number of rotatable bonds is 6. The molecule has 1 aromatic carbocycles. The summed E-state index contributed by atoms with van der Waals surface area (Å²) in [5, 5.41) is 8.93. The van der Waals surface area contributed by atoms with Gasteiger partial charge in [-0.3, -0.25) is 9.48 Å². The summed E-state index contributed by atoms with van der Waals surface area (Å²) >= 11 is 0. The average Bonchev–Trinajstić information content (AvgIpc) is 2.89. The minimum atomic E-state index is -0.656. The van der Waals surface area contributed by atoms with Crippen molar-refractivity contribution >= 4 is 17.6 Å². The zero-order valence-electron chi connectivity index (χ0n) is 12.9. The first kappa shape index (κ1) is 17.4. The first-order valence-corrected chi connectivity index (χ1v) is 7.16. The van der Waals surface area contributed by atoms with E-state index in [4.69, 9.17) is 5.73 Å². The molecule has 0 aliphatic heterocycles. The lowest BCUT2D eigenvalue weighted by Crippen LogP contribution is -2.37. The van der Waals surface area contributed by atoms with Crippen molar-refractivity contribution < 1.29 is 18.4 Å². The highest BCUT2D eigenvalue weighted by atomic mass is 19.1. The van der Waals surface area contributed by atoms with Crippen LogP contribution in [0.15, 0.2) is 30.6 Å². The number of aromatic nitrogens is 2. The van der Waals surface area contributed by atoms with E-state index in [1.807, 2.05) is 0 Å². The number of amides is 3. The highest BCUT2D eigenvalue weighted by Crippen LogP contribution is 2.14. The van der Waals surface area contributed by atoms with Crippen LogP contribution in [0, 0.1) is 11.6 Å². The number of nitrogens with two attached hydrogens (primary N) is 1. The van der Waals surface area contributed by atoms with Gasteiger partial charge in [-0.05, 0) is 25.5 Å². The van der Waals surface area contributed by atoms with Gasteiger partial charge in [-0.15, -0.1) is 0 Å². The number of anilines is 1. The minimum absolute atomic E-state index is 0.00681. The van der Waals surface area contributed by atoms with Crippen LogP contribution < -0.4 is 16.4 Å². The highest BCUT2D eigenvalue weighted by molar-refractivity contribution is 5.89. The van der Waals surface area contributed by atoms with Gasteiger partial charge < -0.3 is 16.4 Å². The summed E-state index contributed by atoms with van der Waals surface area (Å²) in [7, 11) is 0. The van der Waals surface area contributed by atoms with Crippen molar-refractivity contribution in [2.24, 2.45) is 5.73 Å². The van der Waals surface area contributed by atoms with Gasteiger partial charge in [0.05, 0.1) is 11.9 Å². The molecular formula is C15H17F2N5O2. The maximum atomic E-state index is 13.6. The number of hydrogen-bond acceptors (Lipinski definition) is 3. The molecule has 2 aromatic rings. The Morgan fingerprint density at radius 2 is 2.00 bits per heavy atom. The molecule has 0 fully saturated rings. The van der Waals surface area contributed by atoms with Crippen LogP contribution >= 0.6 is 0 Å². The SMILES string of the molecule is C[C@H](Cc1c(F)cccc1F)NC(=O)Nc1cnn(CC(N)=O)c1. The van der Waals surface area contributed by atoms with E-state index in [1.54, 1.807) is 6.92 Å². The second-order valence-electron chi connectivity index (χ2n) is 5.30. The van der Waals surface area contributed by atoms with Gasteiger partial charge in [-0.2, -0.15) is 5.10 Å². The number of nitrogens with zero attached hydrogens (tertiary/aromatic N) is 2. The molecule has 128 valence electrons. The number of hydrogen-bond donors (Lipinski definition) is 3. The third-order valence-electron chi connectivity index (χ3n) is 3.16. The number of carbonyl (C=O) groups excluding carboxylic acids is 2. The fraction of sp³-hybridized carbons (Fsp3) is 0.267. The molecule has 0 unspecified atom stereocenters. The van der Waals surface area contributed by atoms with E-state index in [0.29, 0.717) is 5.69 Å². The van der Waals surface area contributed by atoms with E-state index in [1.165, 1.54) is 35.3 Å². The van der Waals surface area contributed by atoms with Gasteiger partial charge in [0.25, 0.3) is 0 Å². The average molecular weight is 337 g/mol. The molecule has 3 amide bonds. The standard InChI is InChI=1S/C15H17F2N5O2/c1-9(5-11-12(16)3-2-4-13(11)17)20-15(24)21-10-6-19-22(7-10)8-14(18)23/h2-4,6-7,9H,5,8H2,1H3,(H2,18,23)(H2,20,21,24)/t9-/m1/s1. The molecule has 0 radical (unpaired) electrons. The predicted molar refractivity (Wildman–Crippen MR) is 83.1 cm³/mol. The predicted octanol–water partition coefficient (Wildman–Crippen LogP) is 1.40. The molecule has 1 atom stereocenters. The molecular weight excluding hydrogens is 320 g/mol. The van der Waals surface area contributed by atoms with Crippen LogP contribution in [0.25, 0.3) is 0 Å². The lowest BCUT2D eigenvalue weighted by atomic mass is 10.1. The summed E-state index contributed by atoms with van der Waals surface area (Å²) in [6.07, 6.45) is 2.79. The fourth-order valence-corrected chi connectivity index (χ4v) is 2.15. The molecule has 0 aliphatic carbocycles. The van der Waals surface area contributed by atoms with E-state index in [9.17, 15) is 18.4 Å². The monoisotopic (exact) mass is 337 g/mol. The molecule has 1 heterocycles. The van der Waals surface area contributed by atoms with Crippen molar-refractivity contribution in [2.75, 3.05) is 5.32 Å². The van der Waals surface area contributed by atoms with Gasteiger partial charge in [0.2, 0.25) is 5.91 Å². The number of halogens is 2. The Hall–Kier alpha value is -2.97. The Kier molecular flexibility index (Phi) is 5.46. The Bertz CT molecular complexity index is 727. The van der Waals surface area contributed by atoms with Crippen LogP contribution in [0.4, 0.5) is 19.3 Å². The fourth-order valence-electron chi connectivity index (χ4n) is 2.15. The van der Waals surface area contributed by atoms with Crippen molar-refractivity contribution in [2.45, 2.75) is 25.9 Å². The van der Waals surface area contributed by atoms with Crippen LogP contribution in [0.3, 0.4) is 0 Å². The summed E-state index contributed by atoms with van der Waals surface area (Å²) < 4.78 is 28.4. The van der Waals surface area contributed by atoms with Gasteiger partial charge in [-0.25, -0.2) is 13.6 Å². The largest absolute Gasteiger partial charge is 0.368 e. The normalized spacial score (nSPS) is 11.8.